The predicted octanol–water partition coefficient (Wildman–Crippen LogP) is 3.56. The average Bonchev–Trinajstić information content (AvgIpc) is 2.98. The topological polar surface area (TPSA) is 39.4 Å². The molecule has 4 aromatic rings. The Bertz CT molecular complexity index is 943. The minimum atomic E-state index is 0.849. The molecule has 0 saturated carbocycles. The molecule has 0 spiro atoms. The largest absolute Gasteiger partial charge is 0.497 e. The van der Waals surface area contributed by atoms with Crippen LogP contribution in [0.1, 0.15) is 0 Å². The van der Waals surface area contributed by atoms with E-state index in [0.717, 1.165) is 28.0 Å². The summed E-state index contributed by atoms with van der Waals surface area (Å²) in [5.74, 6) is 0.871. The van der Waals surface area contributed by atoms with Crippen LogP contribution in [0, 0.1) is 0 Å². The molecule has 2 aromatic heterocycles. The molecule has 4 nitrogen and oxygen atoms in total. The summed E-state index contributed by atoms with van der Waals surface area (Å²) in [6, 6.07) is 12.5. The number of fused-ring (bicyclic) bond motifs is 2. The van der Waals surface area contributed by atoms with Crippen LogP contribution in [0.25, 0.3) is 27.7 Å². The van der Waals surface area contributed by atoms with Crippen LogP contribution in [0.15, 0.2) is 61.2 Å². The van der Waals surface area contributed by atoms with Crippen LogP contribution in [0.2, 0.25) is 0 Å². The lowest BCUT2D eigenvalue weighted by molar-refractivity contribution is 0.415. The lowest BCUT2D eigenvalue weighted by atomic mass is 10.1. The van der Waals surface area contributed by atoms with Crippen LogP contribution in [-0.4, -0.2) is 21.5 Å². The highest BCUT2D eigenvalue weighted by molar-refractivity contribution is 5.88. The van der Waals surface area contributed by atoms with Gasteiger partial charge in [-0.3, -0.25) is 9.38 Å². The Morgan fingerprint density at radius 3 is 2.76 bits per heavy atom. The van der Waals surface area contributed by atoms with Gasteiger partial charge in [0.05, 0.1) is 25.2 Å². The number of aromatic nitrogens is 3. The van der Waals surface area contributed by atoms with Crippen molar-refractivity contribution in [3.63, 3.8) is 0 Å². The van der Waals surface area contributed by atoms with Crippen LogP contribution < -0.4 is 4.74 Å². The van der Waals surface area contributed by atoms with E-state index >= 15 is 0 Å². The third-order valence-corrected chi connectivity index (χ3v) is 3.66. The minimum absolute atomic E-state index is 0.849. The van der Waals surface area contributed by atoms with Gasteiger partial charge in [-0.25, -0.2) is 4.98 Å². The van der Waals surface area contributed by atoms with Gasteiger partial charge < -0.3 is 4.74 Å². The molecule has 21 heavy (non-hydrogen) atoms. The predicted molar refractivity (Wildman–Crippen MR) is 82.5 cm³/mol. The number of rotatable bonds is 2. The molecular weight excluding hydrogens is 262 g/mol. The van der Waals surface area contributed by atoms with Crippen LogP contribution in [0.3, 0.4) is 0 Å². The van der Waals surface area contributed by atoms with Crippen molar-refractivity contribution in [2.45, 2.75) is 0 Å². The van der Waals surface area contributed by atoms with Gasteiger partial charge in [-0.1, -0.05) is 18.2 Å². The summed E-state index contributed by atoms with van der Waals surface area (Å²) < 4.78 is 7.30. The fraction of sp³-hybridized carbons (Fsp3) is 0.0588. The maximum absolute atomic E-state index is 5.26. The lowest BCUT2D eigenvalue weighted by Gasteiger charge is -2.06. The summed E-state index contributed by atoms with van der Waals surface area (Å²) in [5, 5.41) is 2.34. The van der Waals surface area contributed by atoms with Gasteiger partial charge in [-0.05, 0) is 29.0 Å². The first-order valence-corrected chi connectivity index (χ1v) is 6.70. The minimum Gasteiger partial charge on any atom is -0.497 e. The van der Waals surface area contributed by atoms with Crippen LogP contribution in [-0.2, 0) is 0 Å². The Balaban J connectivity index is 1.90. The van der Waals surface area contributed by atoms with Crippen molar-refractivity contribution in [1.29, 1.82) is 0 Å². The second-order valence-corrected chi connectivity index (χ2v) is 4.88. The van der Waals surface area contributed by atoms with Crippen molar-refractivity contribution in [1.82, 2.24) is 14.4 Å². The highest BCUT2D eigenvalue weighted by atomic mass is 16.5. The quantitative estimate of drug-likeness (QED) is 0.561. The molecule has 0 aliphatic rings. The second kappa shape index (κ2) is 4.59. The van der Waals surface area contributed by atoms with Crippen LogP contribution >= 0.6 is 0 Å². The standard InChI is InChI=1S/C17H13N3O/c1-21-15-5-4-12-8-14(3-2-13(12)9-15)16-10-19-17-11-18-6-7-20(16)17/h2-11H,1H3. The SMILES string of the molecule is COc1ccc2cc(-c3cnc4cnccn34)ccc2c1. The molecule has 0 aliphatic heterocycles. The number of imidazole rings is 1. The maximum Gasteiger partial charge on any atom is 0.155 e. The first kappa shape index (κ1) is 11.9. The zero-order valence-corrected chi connectivity index (χ0v) is 11.5. The lowest BCUT2D eigenvalue weighted by Crippen LogP contribution is -1.89. The maximum atomic E-state index is 5.26. The van der Waals surface area contributed by atoms with Gasteiger partial charge in [0.25, 0.3) is 0 Å². The molecule has 0 bridgehead atoms. The Morgan fingerprint density at radius 1 is 1.00 bits per heavy atom. The third kappa shape index (κ3) is 1.92. The number of ether oxygens (including phenoxy) is 1. The number of benzene rings is 2. The van der Waals surface area contributed by atoms with Gasteiger partial charge >= 0.3 is 0 Å². The highest BCUT2D eigenvalue weighted by Crippen LogP contribution is 2.27. The van der Waals surface area contributed by atoms with E-state index in [4.69, 9.17) is 4.74 Å². The molecule has 0 saturated heterocycles. The zero-order valence-electron chi connectivity index (χ0n) is 11.5. The summed E-state index contributed by atoms with van der Waals surface area (Å²) in [7, 11) is 1.68. The second-order valence-electron chi connectivity index (χ2n) is 4.88. The molecule has 2 aromatic carbocycles. The van der Waals surface area contributed by atoms with E-state index in [1.165, 1.54) is 5.39 Å². The van der Waals surface area contributed by atoms with Crippen molar-refractivity contribution in [2.24, 2.45) is 0 Å². The molecule has 0 fully saturated rings. The molecule has 0 amide bonds. The summed E-state index contributed by atoms with van der Waals surface area (Å²) in [6.45, 7) is 0. The Morgan fingerprint density at radius 2 is 1.86 bits per heavy atom. The van der Waals surface area contributed by atoms with E-state index in [-0.39, 0.29) is 0 Å². The van der Waals surface area contributed by atoms with E-state index in [0.29, 0.717) is 0 Å². The first-order chi connectivity index (χ1) is 10.3. The average molecular weight is 275 g/mol. The molecular formula is C17H13N3O. The fourth-order valence-corrected chi connectivity index (χ4v) is 2.57. The van der Waals surface area contributed by atoms with Crippen LogP contribution in [0.5, 0.6) is 5.75 Å². The number of nitrogens with zero attached hydrogens (tertiary/aromatic N) is 3. The molecule has 4 rings (SSSR count). The van der Waals surface area contributed by atoms with Gasteiger partial charge in [0, 0.05) is 18.0 Å². The van der Waals surface area contributed by atoms with E-state index < -0.39 is 0 Å². The van der Waals surface area contributed by atoms with Crippen molar-refractivity contribution < 1.29 is 4.74 Å². The molecule has 0 aliphatic carbocycles. The third-order valence-electron chi connectivity index (χ3n) is 3.66. The van der Waals surface area contributed by atoms with Crippen LogP contribution in [0.4, 0.5) is 0 Å². The number of hydrogen-bond acceptors (Lipinski definition) is 3. The van der Waals surface area contributed by atoms with E-state index in [2.05, 4.69) is 34.2 Å². The molecule has 102 valence electrons. The molecule has 4 heteroatoms. The Labute approximate surface area is 121 Å². The summed E-state index contributed by atoms with van der Waals surface area (Å²) >= 11 is 0. The normalized spacial score (nSPS) is 11.1. The summed E-state index contributed by atoms with van der Waals surface area (Å²) in [4.78, 5) is 8.47. The highest BCUT2D eigenvalue weighted by Gasteiger charge is 2.06. The fourth-order valence-electron chi connectivity index (χ4n) is 2.57. The van der Waals surface area contributed by atoms with E-state index in [9.17, 15) is 0 Å². The molecule has 0 radical (unpaired) electrons. The van der Waals surface area contributed by atoms with Crippen molar-refractivity contribution >= 4 is 16.4 Å². The van der Waals surface area contributed by atoms with Crippen molar-refractivity contribution in [2.75, 3.05) is 7.11 Å². The van der Waals surface area contributed by atoms with Gasteiger partial charge in [-0.15, -0.1) is 0 Å². The summed E-state index contributed by atoms with van der Waals surface area (Å²) in [5.41, 5.74) is 3.04. The molecule has 0 unspecified atom stereocenters. The Hall–Kier alpha value is -2.88. The van der Waals surface area contributed by atoms with Gasteiger partial charge in [0.15, 0.2) is 5.65 Å². The van der Waals surface area contributed by atoms with E-state index in [1.54, 1.807) is 19.5 Å². The summed E-state index contributed by atoms with van der Waals surface area (Å²) in [6.07, 6.45) is 7.33. The Kier molecular flexibility index (Phi) is 2.60. The van der Waals surface area contributed by atoms with Gasteiger partial charge in [0.1, 0.15) is 5.75 Å². The van der Waals surface area contributed by atoms with E-state index in [1.807, 2.05) is 28.9 Å². The molecule has 0 N–H and O–H groups in total. The first-order valence-electron chi connectivity index (χ1n) is 6.70. The number of hydrogen-bond donors (Lipinski definition) is 0. The molecule has 0 atom stereocenters. The van der Waals surface area contributed by atoms with Gasteiger partial charge in [-0.2, -0.15) is 0 Å². The monoisotopic (exact) mass is 275 g/mol. The number of methoxy groups -OCH3 is 1. The van der Waals surface area contributed by atoms with Crippen molar-refractivity contribution in [3.05, 3.63) is 61.2 Å². The zero-order chi connectivity index (χ0) is 14.2. The molecule has 2 heterocycles. The smallest absolute Gasteiger partial charge is 0.155 e. The van der Waals surface area contributed by atoms with Gasteiger partial charge in [0.2, 0.25) is 0 Å². The van der Waals surface area contributed by atoms with Crippen molar-refractivity contribution in [3.8, 4) is 17.0 Å².